The van der Waals surface area contributed by atoms with E-state index in [1.165, 1.54) is 5.56 Å². The summed E-state index contributed by atoms with van der Waals surface area (Å²) >= 11 is 0. The quantitative estimate of drug-likeness (QED) is 0.188. The van der Waals surface area contributed by atoms with Crippen molar-refractivity contribution < 1.29 is 14.2 Å². The van der Waals surface area contributed by atoms with Gasteiger partial charge in [0.25, 0.3) is 0 Å². The smallest absolute Gasteiger partial charge is 0.203 e. The number of ether oxygens (including phenoxy) is 3. The molecule has 5 aromatic rings. The summed E-state index contributed by atoms with van der Waals surface area (Å²) in [6.45, 7) is 1.61. The molecule has 2 aromatic heterocycles. The number of anilines is 2. The monoisotopic (exact) mass is 534 g/mol. The zero-order valence-electron chi connectivity index (χ0n) is 22.6. The van der Waals surface area contributed by atoms with Crippen LogP contribution >= 0.6 is 0 Å². The maximum Gasteiger partial charge on any atom is 0.203 e. The number of methoxy groups -OCH3 is 3. The van der Waals surface area contributed by atoms with Crippen LogP contribution in [0.2, 0.25) is 0 Å². The topological polar surface area (TPSA) is 117 Å². The highest BCUT2D eigenvalue weighted by atomic mass is 16.5. The van der Waals surface area contributed by atoms with E-state index < -0.39 is 0 Å². The highest BCUT2D eigenvalue weighted by Crippen LogP contribution is 2.41. The molecule has 0 atom stereocenters. The van der Waals surface area contributed by atoms with E-state index in [4.69, 9.17) is 14.2 Å². The van der Waals surface area contributed by atoms with Crippen molar-refractivity contribution in [3.05, 3.63) is 90.1 Å². The van der Waals surface area contributed by atoms with E-state index in [1.54, 1.807) is 46.0 Å². The third-order valence-electron chi connectivity index (χ3n) is 6.63. The average molecular weight is 535 g/mol. The van der Waals surface area contributed by atoms with E-state index in [2.05, 4.69) is 62.0 Å². The number of aromatic amines is 1. The molecule has 0 saturated carbocycles. The summed E-state index contributed by atoms with van der Waals surface area (Å²) in [4.78, 5) is 11.8. The normalized spacial score (nSPS) is 10.8. The lowest BCUT2D eigenvalue weighted by Gasteiger charge is -2.17. The Balaban J connectivity index is 1.41. The first-order valence-electron chi connectivity index (χ1n) is 12.8. The molecule has 0 radical (unpaired) electrons. The lowest BCUT2D eigenvalue weighted by Crippen LogP contribution is -2.16. The Bertz CT molecular complexity index is 1640. The number of H-pyrrole nitrogens is 1. The van der Waals surface area contributed by atoms with Gasteiger partial charge in [0.05, 0.1) is 50.1 Å². The number of fused-ring (bicyclic) bond motifs is 1. The van der Waals surface area contributed by atoms with Crippen LogP contribution in [0, 0.1) is 11.3 Å². The van der Waals surface area contributed by atoms with Crippen LogP contribution in [0.15, 0.2) is 73.3 Å². The van der Waals surface area contributed by atoms with E-state index in [-0.39, 0.29) is 0 Å². The van der Waals surface area contributed by atoms with Gasteiger partial charge in [0.15, 0.2) is 11.5 Å². The number of aromatic nitrogens is 3. The number of nitrogens with zero attached hydrogens (tertiary/aromatic N) is 3. The van der Waals surface area contributed by atoms with Gasteiger partial charge in [-0.1, -0.05) is 30.3 Å². The fourth-order valence-corrected chi connectivity index (χ4v) is 4.63. The fourth-order valence-electron chi connectivity index (χ4n) is 4.63. The molecule has 3 aromatic carbocycles. The molecule has 0 aliphatic heterocycles. The number of imidazole rings is 1. The van der Waals surface area contributed by atoms with Crippen molar-refractivity contribution in [3.63, 3.8) is 0 Å². The van der Waals surface area contributed by atoms with Gasteiger partial charge in [-0.25, -0.2) is 4.98 Å². The van der Waals surface area contributed by atoms with Crippen molar-refractivity contribution >= 4 is 22.3 Å². The zero-order chi connectivity index (χ0) is 27.9. The number of pyridine rings is 1. The molecule has 0 fully saturated rings. The molecule has 0 aliphatic rings. The van der Waals surface area contributed by atoms with Crippen LogP contribution in [0.25, 0.3) is 22.0 Å². The summed E-state index contributed by atoms with van der Waals surface area (Å²) in [5.74, 6) is 1.52. The molecule has 0 bridgehead atoms. The predicted molar refractivity (Wildman–Crippen MR) is 155 cm³/mol. The summed E-state index contributed by atoms with van der Waals surface area (Å²) in [6.07, 6.45) is 6.08. The van der Waals surface area contributed by atoms with Gasteiger partial charge in [-0.3, -0.25) is 4.98 Å². The third kappa shape index (κ3) is 5.67. The molecule has 0 spiro atoms. The van der Waals surface area contributed by atoms with Gasteiger partial charge in [-0.05, 0) is 28.8 Å². The van der Waals surface area contributed by atoms with E-state index in [0.717, 1.165) is 47.2 Å². The number of nitrogens with one attached hydrogen (secondary N) is 3. The molecule has 3 N–H and O–H groups in total. The van der Waals surface area contributed by atoms with E-state index in [0.29, 0.717) is 34.2 Å². The summed E-state index contributed by atoms with van der Waals surface area (Å²) in [5.41, 5.74) is 6.92. The second-order valence-corrected chi connectivity index (χ2v) is 9.12. The van der Waals surface area contributed by atoms with Gasteiger partial charge in [-0.15, -0.1) is 0 Å². The molecule has 5 rings (SSSR count). The number of rotatable bonds is 11. The SMILES string of the molecule is COc1cc(Nc2c(C#N)cnc3cc(-c4cccc(CNCCc5c[nH]cn5)c4)ccc23)cc(OC)c1OC. The minimum absolute atomic E-state index is 0.428. The Hall–Kier alpha value is -5.07. The minimum atomic E-state index is 0.428. The summed E-state index contributed by atoms with van der Waals surface area (Å²) in [7, 11) is 4.69. The van der Waals surface area contributed by atoms with Crippen LogP contribution in [-0.4, -0.2) is 42.8 Å². The van der Waals surface area contributed by atoms with Gasteiger partial charge < -0.3 is 29.8 Å². The van der Waals surface area contributed by atoms with Gasteiger partial charge in [0.1, 0.15) is 6.07 Å². The highest BCUT2D eigenvalue weighted by Gasteiger charge is 2.16. The van der Waals surface area contributed by atoms with Crippen LogP contribution in [0.4, 0.5) is 11.4 Å². The van der Waals surface area contributed by atoms with Gasteiger partial charge in [0, 0.05) is 55.1 Å². The lowest BCUT2D eigenvalue weighted by molar-refractivity contribution is 0.324. The molecule has 0 unspecified atom stereocenters. The van der Waals surface area contributed by atoms with Crippen LogP contribution in [0.3, 0.4) is 0 Å². The largest absolute Gasteiger partial charge is 0.493 e. The average Bonchev–Trinajstić information content (AvgIpc) is 3.52. The molecule has 202 valence electrons. The molecule has 0 saturated heterocycles. The highest BCUT2D eigenvalue weighted by molar-refractivity contribution is 5.98. The molecular formula is C31H30N6O3. The van der Waals surface area contributed by atoms with Gasteiger partial charge in [0.2, 0.25) is 5.75 Å². The van der Waals surface area contributed by atoms with Crippen molar-refractivity contribution in [2.75, 3.05) is 33.2 Å². The first-order valence-corrected chi connectivity index (χ1v) is 12.8. The Morgan fingerprint density at radius 2 is 1.73 bits per heavy atom. The maximum absolute atomic E-state index is 9.83. The van der Waals surface area contributed by atoms with Crippen LogP contribution in [0.5, 0.6) is 17.2 Å². The van der Waals surface area contributed by atoms with Gasteiger partial charge in [-0.2, -0.15) is 5.26 Å². The van der Waals surface area contributed by atoms with Crippen LogP contribution < -0.4 is 24.8 Å². The van der Waals surface area contributed by atoms with E-state index >= 15 is 0 Å². The van der Waals surface area contributed by atoms with Gasteiger partial charge >= 0.3 is 0 Å². The second kappa shape index (κ2) is 12.2. The number of nitriles is 1. The number of hydrogen-bond acceptors (Lipinski definition) is 8. The standard InChI is InChI=1S/C31H30N6O3/c1-38-28-13-25(14-29(39-2)31(28)40-3)37-30-23(15-32)17-35-27-12-22(7-8-26(27)30)21-6-4-5-20(11-21)16-33-10-9-24-18-34-19-36-24/h4-8,11-14,17-19,33H,9-10,16H2,1-3H3,(H,34,36)(H,35,37). The Kier molecular flexibility index (Phi) is 8.09. The molecule has 0 aliphatic carbocycles. The predicted octanol–water partition coefficient (Wildman–Crippen LogP) is 5.60. The van der Waals surface area contributed by atoms with Crippen molar-refractivity contribution in [3.8, 4) is 34.4 Å². The third-order valence-corrected chi connectivity index (χ3v) is 6.63. The van der Waals surface area contributed by atoms with Crippen molar-refractivity contribution in [1.82, 2.24) is 20.3 Å². The molecule has 0 amide bonds. The van der Waals surface area contributed by atoms with Crippen molar-refractivity contribution in [2.45, 2.75) is 13.0 Å². The molecule has 9 nitrogen and oxygen atoms in total. The molecule has 9 heteroatoms. The summed E-state index contributed by atoms with van der Waals surface area (Å²) < 4.78 is 16.4. The summed E-state index contributed by atoms with van der Waals surface area (Å²) in [6, 6.07) is 20.4. The van der Waals surface area contributed by atoms with Crippen molar-refractivity contribution in [1.29, 1.82) is 5.26 Å². The van der Waals surface area contributed by atoms with Crippen LogP contribution in [0.1, 0.15) is 16.8 Å². The molecule has 2 heterocycles. The Morgan fingerprint density at radius 1 is 0.925 bits per heavy atom. The second-order valence-electron chi connectivity index (χ2n) is 9.12. The maximum atomic E-state index is 9.83. The van der Waals surface area contributed by atoms with Crippen molar-refractivity contribution in [2.24, 2.45) is 0 Å². The zero-order valence-corrected chi connectivity index (χ0v) is 22.6. The molecule has 40 heavy (non-hydrogen) atoms. The van der Waals surface area contributed by atoms with Crippen LogP contribution in [-0.2, 0) is 13.0 Å². The first-order chi connectivity index (χ1) is 19.6. The fraction of sp³-hybridized carbons (Fsp3) is 0.194. The number of benzene rings is 3. The lowest BCUT2D eigenvalue weighted by atomic mass is 10.00. The Labute approximate surface area is 232 Å². The van der Waals surface area contributed by atoms with E-state index in [9.17, 15) is 5.26 Å². The minimum Gasteiger partial charge on any atom is -0.493 e. The first kappa shape index (κ1) is 26.5. The summed E-state index contributed by atoms with van der Waals surface area (Å²) in [5, 5.41) is 17.5. The van der Waals surface area contributed by atoms with E-state index in [1.807, 2.05) is 18.3 Å². The Morgan fingerprint density at radius 3 is 2.42 bits per heavy atom. The molecular weight excluding hydrogens is 504 g/mol. The number of hydrogen-bond donors (Lipinski definition) is 3.